The summed E-state index contributed by atoms with van der Waals surface area (Å²) >= 11 is 0. The van der Waals surface area contributed by atoms with E-state index in [2.05, 4.69) is 48.1 Å². The minimum atomic E-state index is 0.807. The molecule has 0 amide bonds. The molecule has 0 radical (unpaired) electrons. The fourth-order valence-corrected chi connectivity index (χ4v) is 5.45. The molecule has 35 heavy (non-hydrogen) atoms. The molecule has 0 saturated heterocycles. The summed E-state index contributed by atoms with van der Waals surface area (Å²) < 4.78 is 5.89. The first-order valence-electron chi connectivity index (χ1n) is 14.8. The van der Waals surface area contributed by atoms with E-state index >= 15 is 0 Å². The van der Waals surface area contributed by atoms with Crippen LogP contribution in [0.5, 0.6) is 5.75 Å². The fraction of sp³-hybridized carbons (Fsp3) is 0.688. The van der Waals surface area contributed by atoms with Crippen molar-refractivity contribution in [3.8, 4) is 16.9 Å². The molecule has 2 aromatic rings. The molecule has 1 aliphatic carbocycles. The number of unbranched alkanes of at least 4 members (excludes halogenated alkanes) is 8. The lowest BCUT2D eigenvalue weighted by molar-refractivity contribution is 0.248. The van der Waals surface area contributed by atoms with Crippen LogP contribution in [0, 0.1) is 11.8 Å². The molecule has 1 fully saturated rings. The largest absolute Gasteiger partial charge is 0.494 e. The van der Waals surface area contributed by atoms with Gasteiger partial charge in [-0.15, -0.1) is 0 Å². The van der Waals surface area contributed by atoms with Crippen LogP contribution in [0.15, 0.2) is 36.7 Å². The first-order valence-corrected chi connectivity index (χ1v) is 14.8. The molecule has 1 aromatic carbocycles. The van der Waals surface area contributed by atoms with E-state index in [9.17, 15) is 0 Å². The van der Waals surface area contributed by atoms with Gasteiger partial charge in [0.1, 0.15) is 11.6 Å². The molecule has 3 heteroatoms. The predicted molar refractivity (Wildman–Crippen MR) is 149 cm³/mol. The highest BCUT2D eigenvalue weighted by molar-refractivity contribution is 5.62. The lowest BCUT2D eigenvalue weighted by Gasteiger charge is -2.28. The van der Waals surface area contributed by atoms with Gasteiger partial charge in [-0.1, -0.05) is 116 Å². The van der Waals surface area contributed by atoms with Gasteiger partial charge in [0.15, 0.2) is 0 Å². The number of aromatic nitrogens is 2. The highest BCUT2D eigenvalue weighted by atomic mass is 16.5. The Bertz CT molecular complexity index is 778. The third kappa shape index (κ3) is 10.7. The Morgan fingerprint density at radius 2 is 1.23 bits per heavy atom. The van der Waals surface area contributed by atoms with Crippen LogP contribution in [0.1, 0.15) is 122 Å². The van der Waals surface area contributed by atoms with Gasteiger partial charge in [-0.25, -0.2) is 9.97 Å². The van der Waals surface area contributed by atoms with Crippen LogP contribution >= 0.6 is 0 Å². The van der Waals surface area contributed by atoms with Crippen LogP contribution in [0.4, 0.5) is 0 Å². The molecule has 3 rings (SSSR count). The summed E-state index contributed by atoms with van der Waals surface area (Å²) in [5.41, 5.74) is 2.24. The average molecular weight is 479 g/mol. The molecule has 0 spiro atoms. The normalized spacial score (nSPS) is 18.0. The van der Waals surface area contributed by atoms with E-state index in [1.165, 1.54) is 96.3 Å². The van der Waals surface area contributed by atoms with E-state index in [4.69, 9.17) is 4.74 Å². The maximum atomic E-state index is 5.89. The van der Waals surface area contributed by atoms with Crippen LogP contribution in [0.25, 0.3) is 11.1 Å². The Hall–Kier alpha value is -1.90. The van der Waals surface area contributed by atoms with Gasteiger partial charge in [0.2, 0.25) is 0 Å². The van der Waals surface area contributed by atoms with Crippen molar-refractivity contribution in [2.45, 2.75) is 123 Å². The molecular formula is C32H50N2O. The lowest BCUT2D eigenvalue weighted by atomic mass is 9.78. The number of aryl methyl sites for hydroxylation is 1. The summed E-state index contributed by atoms with van der Waals surface area (Å²) in [7, 11) is 0. The van der Waals surface area contributed by atoms with Crippen molar-refractivity contribution in [3.05, 3.63) is 42.5 Å². The highest BCUT2D eigenvalue weighted by Gasteiger charge is 2.21. The summed E-state index contributed by atoms with van der Waals surface area (Å²) in [6.45, 7) is 5.35. The smallest absolute Gasteiger partial charge is 0.128 e. The third-order valence-corrected chi connectivity index (χ3v) is 7.87. The van der Waals surface area contributed by atoms with Crippen molar-refractivity contribution in [1.29, 1.82) is 0 Å². The molecular weight excluding hydrogens is 428 g/mol. The number of benzene rings is 1. The minimum absolute atomic E-state index is 0.807. The van der Waals surface area contributed by atoms with Crippen LogP contribution in [-0.4, -0.2) is 16.6 Å². The van der Waals surface area contributed by atoms with Crippen LogP contribution < -0.4 is 4.74 Å². The molecule has 0 aliphatic heterocycles. The Morgan fingerprint density at radius 3 is 1.86 bits per heavy atom. The van der Waals surface area contributed by atoms with Crippen molar-refractivity contribution >= 4 is 0 Å². The molecule has 1 aliphatic rings. The van der Waals surface area contributed by atoms with Gasteiger partial charge < -0.3 is 4.74 Å². The molecule has 0 N–H and O–H groups in total. The summed E-state index contributed by atoms with van der Waals surface area (Å²) in [5.74, 6) is 3.81. The van der Waals surface area contributed by atoms with E-state index in [1.807, 2.05) is 12.4 Å². The Balaban J connectivity index is 1.32. The van der Waals surface area contributed by atoms with E-state index in [0.717, 1.165) is 54.0 Å². The summed E-state index contributed by atoms with van der Waals surface area (Å²) in [5, 5.41) is 0. The molecule has 3 nitrogen and oxygen atoms in total. The standard InChI is InChI=1S/C32H50N2O/c1-3-5-7-9-11-13-27-14-16-28(17-15-27)18-23-32-33-25-30(26-34-32)29-19-21-31(22-20-29)35-24-12-10-8-6-4-2/h19-22,25-28H,3-18,23-24H2,1-2H3/t27-,28-. The maximum Gasteiger partial charge on any atom is 0.128 e. The van der Waals surface area contributed by atoms with Gasteiger partial charge in [-0.05, 0) is 42.4 Å². The van der Waals surface area contributed by atoms with Crippen LogP contribution in [0.2, 0.25) is 0 Å². The van der Waals surface area contributed by atoms with Gasteiger partial charge in [0.25, 0.3) is 0 Å². The molecule has 0 unspecified atom stereocenters. The molecule has 1 saturated carbocycles. The highest BCUT2D eigenvalue weighted by Crippen LogP contribution is 2.34. The minimum Gasteiger partial charge on any atom is -0.494 e. The average Bonchev–Trinajstić information content (AvgIpc) is 2.91. The van der Waals surface area contributed by atoms with E-state index < -0.39 is 0 Å². The number of ether oxygens (including phenoxy) is 1. The van der Waals surface area contributed by atoms with Gasteiger partial charge in [0, 0.05) is 24.4 Å². The monoisotopic (exact) mass is 478 g/mol. The Kier molecular flexibility index (Phi) is 13.2. The quantitative estimate of drug-likeness (QED) is 0.212. The summed E-state index contributed by atoms with van der Waals surface area (Å²) in [6.07, 6.45) is 26.8. The molecule has 0 atom stereocenters. The zero-order valence-electron chi connectivity index (χ0n) is 22.6. The third-order valence-electron chi connectivity index (χ3n) is 7.87. The number of hydrogen-bond donors (Lipinski definition) is 0. The molecule has 1 heterocycles. The van der Waals surface area contributed by atoms with Crippen molar-refractivity contribution in [2.75, 3.05) is 6.61 Å². The second-order valence-electron chi connectivity index (χ2n) is 10.8. The van der Waals surface area contributed by atoms with Gasteiger partial charge in [-0.2, -0.15) is 0 Å². The van der Waals surface area contributed by atoms with Crippen molar-refractivity contribution in [1.82, 2.24) is 9.97 Å². The maximum absolute atomic E-state index is 5.89. The van der Waals surface area contributed by atoms with Gasteiger partial charge in [0.05, 0.1) is 6.61 Å². The van der Waals surface area contributed by atoms with E-state index in [1.54, 1.807) is 0 Å². The van der Waals surface area contributed by atoms with E-state index in [-0.39, 0.29) is 0 Å². The molecule has 0 bridgehead atoms. The molecule has 1 aromatic heterocycles. The topological polar surface area (TPSA) is 35.0 Å². The predicted octanol–water partition coefficient (Wildman–Crippen LogP) is 9.59. The lowest BCUT2D eigenvalue weighted by Crippen LogP contribution is -2.15. The van der Waals surface area contributed by atoms with Crippen LogP contribution in [-0.2, 0) is 6.42 Å². The Morgan fingerprint density at radius 1 is 0.657 bits per heavy atom. The second-order valence-corrected chi connectivity index (χ2v) is 10.8. The van der Waals surface area contributed by atoms with Crippen molar-refractivity contribution in [2.24, 2.45) is 11.8 Å². The Labute approximate surface area is 215 Å². The van der Waals surface area contributed by atoms with Crippen molar-refractivity contribution < 1.29 is 4.74 Å². The zero-order chi connectivity index (χ0) is 24.6. The first kappa shape index (κ1) is 27.7. The van der Waals surface area contributed by atoms with E-state index in [0.29, 0.717) is 0 Å². The number of nitrogens with zero attached hydrogens (tertiary/aromatic N) is 2. The SMILES string of the molecule is CCCCCCCOc1ccc(-c2cnc(CC[C@H]3CC[C@H](CCCCCCC)CC3)nc2)cc1. The number of hydrogen-bond acceptors (Lipinski definition) is 3. The number of rotatable bonds is 17. The fourth-order valence-electron chi connectivity index (χ4n) is 5.45. The first-order chi connectivity index (χ1) is 17.3. The van der Waals surface area contributed by atoms with Gasteiger partial charge >= 0.3 is 0 Å². The zero-order valence-corrected chi connectivity index (χ0v) is 22.6. The van der Waals surface area contributed by atoms with Crippen LogP contribution in [0.3, 0.4) is 0 Å². The van der Waals surface area contributed by atoms with Crippen molar-refractivity contribution in [3.63, 3.8) is 0 Å². The van der Waals surface area contributed by atoms with Gasteiger partial charge in [-0.3, -0.25) is 0 Å². The summed E-state index contributed by atoms with van der Waals surface area (Å²) in [6, 6.07) is 8.37. The molecule has 194 valence electrons. The summed E-state index contributed by atoms with van der Waals surface area (Å²) in [4.78, 5) is 9.37. The second kappa shape index (κ2) is 16.7.